The van der Waals surface area contributed by atoms with Crippen LogP contribution < -0.4 is 0 Å². The van der Waals surface area contributed by atoms with Crippen LogP contribution in [-0.4, -0.2) is 9.55 Å². The molecule has 0 amide bonds. The molecule has 1 heterocycles. The van der Waals surface area contributed by atoms with Gasteiger partial charge in [0.2, 0.25) is 0 Å². The van der Waals surface area contributed by atoms with E-state index in [-0.39, 0.29) is 5.82 Å². The van der Waals surface area contributed by atoms with Crippen LogP contribution in [0.15, 0.2) is 53.3 Å². The molecule has 0 aliphatic heterocycles. The van der Waals surface area contributed by atoms with Crippen LogP contribution in [-0.2, 0) is 6.54 Å². The zero-order valence-electron chi connectivity index (χ0n) is 9.48. The summed E-state index contributed by atoms with van der Waals surface area (Å²) in [7, 11) is 0. The lowest BCUT2D eigenvalue weighted by molar-refractivity contribution is 0.622. The van der Waals surface area contributed by atoms with Crippen LogP contribution in [0.2, 0.25) is 0 Å². The molecule has 0 aliphatic rings. The van der Waals surface area contributed by atoms with Gasteiger partial charge in [0, 0.05) is 12.6 Å². The fourth-order valence-corrected chi connectivity index (χ4v) is 2.29. The predicted molar refractivity (Wildman–Crippen MR) is 72.9 cm³/mol. The van der Waals surface area contributed by atoms with E-state index in [0.717, 1.165) is 11.0 Å². The maximum absolute atomic E-state index is 13.6. The fourth-order valence-electron chi connectivity index (χ4n) is 1.96. The Balaban J connectivity index is 2.05. The Hall–Kier alpha value is -1.68. The molecule has 1 aromatic heterocycles. The molecule has 2 nitrogen and oxygen atoms in total. The summed E-state index contributed by atoms with van der Waals surface area (Å²) in [6, 6.07) is 13.3. The van der Waals surface area contributed by atoms with Gasteiger partial charge < -0.3 is 4.57 Å². The molecule has 0 saturated carbocycles. The second kappa shape index (κ2) is 4.53. The van der Waals surface area contributed by atoms with Crippen LogP contribution in [0.1, 0.15) is 5.56 Å². The average molecular weight is 305 g/mol. The molecule has 3 aromatic rings. The quantitative estimate of drug-likeness (QED) is 0.700. The number of aromatic nitrogens is 2. The first-order valence-corrected chi connectivity index (χ1v) is 6.37. The van der Waals surface area contributed by atoms with Gasteiger partial charge in [-0.25, -0.2) is 9.37 Å². The van der Waals surface area contributed by atoms with E-state index in [2.05, 4.69) is 20.9 Å². The SMILES string of the molecule is Fc1cc2c(cc1Br)ncn2Cc1ccccc1. The molecule has 0 spiro atoms. The van der Waals surface area contributed by atoms with E-state index in [4.69, 9.17) is 0 Å². The van der Waals surface area contributed by atoms with E-state index < -0.39 is 0 Å². The summed E-state index contributed by atoms with van der Waals surface area (Å²) in [5.41, 5.74) is 2.76. The Morgan fingerprint density at radius 1 is 1.17 bits per heavy atom. The van der Waals surface area contributed by atoms with E-state index in [0.29, 0.717) is 11.0 Å². The van der Waals surface area contributed by atoms with Crippen LogP contribution in [0.3, 0.4) is 0 Å². The Morgan fingerprint density at radius 2 is 1.94 bits per heavy atom. The van der Waals surface area contributed by atoms with Crippen molar-refractivity contribution in [1.29, 1.82) is 0 Å². The standard InChI is InChI=1S/C14H10BrFN2/c15-11-6-13-14(7-12(11)16)18(9-17-13)8-10-4-2-1-3-5-10/h1-7,9H,8H2. The van der Waals surface area contributed by atoms with E-state index in [1.165, 1.54) is 11.6 Å². The number of halogens is 2. The van der Waals surface area contributed by atoms with Crippen molar-refractivity contribution in [2.24, 2.45) is 0 Å². The summed E-state index contributed by atoms with van der Waals surface area (Å²) < 4.78 is 15.9. The van der Waals surface area contributed by atoms with Gasteiger partial charge in [-0.2, -0.15) is 0 Å². The van der Waals surface area contributed by atoms with Crippen LogP contribution in [0.5, 0.6) is 0 Å². The lowest BCUT2D eigenvalue weighted by Gasteiger charge is -2.04. The third-order valence-electron chi connectivity index (χ3n) is 2.86. The molecule has 90 valence electrons. The van der Waals surface area contributed by atoms with Crippen molar-refractivity contribution < 1.29 is 4.39 Å². The fraction of sp³-hybridized carbons (Fsp3) is 0.0714. The van der Waals surface area contributed by atoms with Gasteiger partial charge in [0.25, 0.3) is 0 Å². The highest BCUT2D eigenvalue weighted by Crippen LogP contribution is 2.23. The maximum Gasteiger partial charge on any atom is 0.139 e. The molecule has 0 saturated heterocycles. The number of benzene rings is 2. The number of fused-ring (bicyclic) bond motifs is 1. The highest BCUT2D eigenvalue weighted by molar-refractivity contribution is 9.10. The number of rotatable bonds is 2. The van der Waals surface area contributed by atoms with Crippen molar-refractivity contribution in [3.63, 3.8) is 0 Å². The Labute approximate surface area is 112 Å². The molecule has 18 heavy (non-hydrogen) atoms. The highest BCUT2D eigenvalue weighted by Gasteiger charge is 2.07. The molecule has 0 radical (unpaired) electrons. The first kappa shape index (κ1) is 11.4. The topological polar surface area (TPSA) is 17.8 Å². The molecule has 0 fully saturated rings. The smallest absolute Gasteiger partial charge is 0.139 e. The van der Waals surface area contributed by atoms with E-state index in [9.17, 15) is 4.39 Å². The van der Waals surface area contributed by atoms with Gasteiger partial charge in [0.05, 0.1) is 21.8 Å². The second-order valence-electron chi connectivity index (χ2n) is 4.11. The minimum Gasteiger partial charge on any atom is -0.326 e. The zero-order valence-corrected chi connectivity index (χ0v) is 11.1. The van der Waals surface area contributed by atoms with E-state index in [1.807, 2.05) is 34.9 Å². The van der Waals surface area contributed by atoms with Crippen LogP contribution in [0.4, 0.5) is 4.39 Å². The van der Waals surface area contributed by atoms with Crippen LogP contribution in [0, 0.1) is 5.82 Å². The first-order valence-electron chi connectivity index (χ1n) is 5.58. The molecule has 0 unspecified atom stereocenters. The lowest BCUT2D eigenvalue weighted by Crippen LogP contribution is -1.97. The molecule has 0 bridgehead atoms. The maximum atomic E-state index is 13.6. The monoisotopic (exact) mass is 304 g/mol. The minimum absolute atomic E-state index is 0.266. The first-order chi connectivity index (χ1) is 8.74. The number of imidazole rings is 1. The molecule has 3 rings (SSSR count). The van der Waals surface area contributed by atoms with Crippen molar-refractivity contribution in [1.82, 2.24) is 9.55 Å². The van der Waals surface area contributed by atoms with Gasteiger partial charge in [-0.3, -0.25) is 0 Å². The number of nitrogens with zero attached hydrogens (tertiary/aromatic N) is 2. The third kappa shape index (κ3) is 2.04. The van der Waals surface area contributed by atoms with Crippen molar-refractivity contribution >= 4 is 27.0 Å². The van der Waals surface area contributed by atoms with Gasteiger partial charge >= 0.3 is 0 Å². The normalized spacial score (nSPS) is 11.0. The molecule has 2 aromatic carbocycles. The summed E-state index contributed by atoms with van der Waals surface area (Å²) in [4.78, 5) is 4.28. The summed E-state index contributed by atoms with van der Waals surface area (Å²) in [6.07, 6.45) is 1.74. The summed E-state index contributed by atoms with van der Waals surface area (Å²) >= 11 is 3.17. The van der Waals surface area contributed by atoms with Crippen molar-refractivity contribution in [2.75, 3.05) is 0 Å². The molecular formula is C14H10BrFN2. The summed E-state index contributed by atoms with van der Waals surface area (Å²) in [5.74, 6) is -0.266. The second-order valence-corrected chi connectivity index (χ2v) is 4.97. The largest absolute Gasteiger partial charge is 0.326 e. The van der Waals surface area contributed by atoms with Crippen molar-refractivity contribution in [3.8, 4) is 0 Å². The van der Waals surface area contributed by atoms with Crippen LogP contribution >= 0.6 is 15.9 Å². The van der Waals surface area contributed by atoms with Crippen molar-refractivity contribution in [2.45, 2.75) is 6.54 Å². The molecule has 0 atom stereocenters. The zero-order chi connectivity index (χ0) is 12.5. The molecule has 4 heteroatoms. The predicted octanol–water partition coefficient (Wildman–Crippen LogP) is 3.99. The molecule has 0 aliphatic carbocycles. The van der Waals surface area contributed by atoms with Crippen LogP contribution in [0.25, 0.3) is 11.0 Å². The summed E-state index contributed by atoms with van der Waals surface area (Å²) in [5, 5.41) is 0. The van der Waals surface area contributed by atoms with Gasteiger partial charge in [-0.15, -0.1) is 0 Å². The number of hydrogen-bond acceptors (Lipinski definition) is 1. The lowest BCUT2D eigenvalue weighted by atomic mass is 10.2. The van der Waals surface area contributed by atoms with Gasteiger partial charge in [0.1, 0.15) is 5.82 Å². The van der Waals surface area contributed by atoms with Gasteiger partial charge in [-0.1, -0.05) is 30.3 Å². The molecular weight excluding hydrogens is 295 g/mol. The van der Waals surface area contributed by atoms with Crippen molar-refractivity contribution in [3.05, 3.63) is 64.6 Å². The summed E-state index contributed by atoms with van der Waals surface area (Å²) in [6.45, 7) is 0.693. The highest BCUT2D eigenvalue weighted by atomic mass is 79.9. The molecule has 0 N–H and O–H groups in total. The number of hydrogen-bond donors (Lipinski definition) is 0. The Morgan fingerprint density at radius 3 is 2.72 bits per heavy atom. The third-order valence-corrected chi connectivity index (χ3v) is 3.47. The van der Waals surface area contributed by atoms with E-state index in [1.54, 1.807) is 12.4 Å². The Kier molecular flexibility index (Phi) is 2.88. The Bertz CT molecular complexity index is 692. The van der Waals surface area contributed by atoms with Gasteiger partial charge in [-0.05, 0) is 27.6 Å². The van der Waals surface area contributed by atoms with Gasteiger partial charge in [0.15, 0.2) is 0 Å². The van der Waals surface area contributed by atoms with E-state index >= 15 is 0 Å². The minimum atomic E-state index is -0.266. The average Bonchev–Trinajstić information content (AvgIpc) is 2.74.